The zero-order valence-corrected chi connectivity index (χ0v) is 13.2. The van der Waals surface area contributed by atoms with E-state index in [0.29, 0.717) is 24.4 Å². The monoisotopic (exact) mass is 308 g/mol. The Morgan fingerprint density at radius 2 is 1.81 bits per heavy atom. The van der Waals surface area contributed by atoms with E-state index in [1.807, 2.05) is 18.2 Å². The molecule has 0 radical (unpaired) electrons. The summed E-state index contributed by atoms with van der Waals surface area (Å²) in [7, 11) is 0. The number of rotatable bonds is 5. The zero-order valence-electron chi connectivity index (χ0n) is 12.4. The highest BCUT2D eigenvalue weighted by Crippen LogP contribution is 2.32. The van der Waals surface area contributed by atoms with Crippen molar-refractivity contribution in [1.29, 1.82) is 0 Å². The van der Waals surface area contributed by atoms with Crippen LogP contribution >= 0.6 is 12.4 Å². The number of carbonyl (C=O) groups is 1. The van der Waals surface area contributed by atoms with E-state index in [1.165, 1.54) is 31.2 Å². The van der Waals surface area contributed by atoms with Crippen LogP contribution in [-0.4, -0.2) is 24.5 Å². The van der Waals surface area contributed by atoms with Gasteiger partial charge in [-0.15, -0.1) is 12.4 Å². The molecule has 2 aliphatic rings. The molecule has 2 N–H and O–H groups in total. The molecule has 2 heterocycles. The summed E-state index contributed by atoms with van der Waals surface area (Å²) in [6.45, 7) is 0.751. The number of nitrogens with one attached hydrogen (secondary N) is 2. The molecule has 3 rings (SSSR count). The van der Waals surface area contributed by atoms with Gasteiger partial charge in [0.25, 0.3) is 0 Å². The maximum atomic E-state index is 12.0. The number of hydrogen-bond acceptors (Lipinski definition) is 2. The quantitative estimate of drug-likeness (QED) is 0.878. The van der Waals surface area contributed by atoms with Gasteiger partial charge in [-0.3, -0.25) is 4.79 Å². The van der Waals surface area contributed by atoms with E-state index in [4.69, 9.17) is 0 Å². The Bertz CT molecular complexity index is 439. The van der Waals surface area contributed by atoms with Crippen molar-refractivity contribution in [3.63, 3.8) is 0 Å². The van der Waals surface area contributed by atoms with Crippen molar-refractivity contribution in [3.8, 4) is 0 Å². The van der Waals surface area contributed by atoms with Gasteiger partial charge in [-0.2, -0.15) is 0 Å². The van der Waals surface area contributed by atoms with Gasteiger partial charge in [0.05, 0.1) is 0 Å². The molecule has 1 aromatic rings. The molecule has 4 heteroatoms. The maximum absolute atomic E-state index is 12.0. The smallest absolute Gasteiger partial charge is 0.220 e. The van der Waals surface area contributed by atoms with Crippen LogP contribution in [0.2, 0.25) is 0 Å². The van der Waals surface area contributed by atoms with E-state index in [-0.39, 0.29) is 18.3 Å². The summed E-state index contributed by atoms with van der Waals surface area (Å²) in [4.78, 5) is 12.0. The summed E-state index contributed by atoms with van der Waals surface area (Å²) in [6, 6.07) is 11.7. The van der Waals surface area contributed by atoms with Crippen molar-refractivity contribution in [1.82, 2.24) is 10.6 Å². The molecule has 2 aliphatic heterocycles. The third-order valence-electron chi connectivity index (χ3n) is 4.62. The summed E-state index contributed by atoms with van der Waals surface area (Å²) >= 11 is 0. The number of fused-ring (bicyclic) bond motifs is 2. The lowest BCUT2D eigenvalue weighted by Crippen LogP contribution is -2.39. The van der Waals surface area contributed by atoms with Crippen molar-refractivity contribution in [3.05, 3.63) is 35.9 Å². The highest BCUT2D eigenvalue weighted by Gasteiger charge is 2.33. The second-order valence-corrected chi connectivity index (χ2v) is 6.26. The van der Waals surface area contributed by atoms with Crippen LogP contribution in [0.1, 0.15) is 37.7 Å². The largest absolute Gasteiger partial charge is 0.356 e. The first-order valence-corrected chi connectivity index (χ1v) is 7.86. The predicted octanol–water partition coefficient (Wildman–Crippen LogP) is 2.69. The summed E-state index contributed by atoms with van der Waals surface area (Å²) in [5, 5.41) is 6.70. The van der Waals surface area contributed by atoms with Crippen molar-refractivity contribution in [2.45, 2.75) is 50.6 Å². The fourth-order valence-corrected chi connectivity index (χ4v) is 3.67. The number of amides is 1. The lowest BCUT2D eigenvalue weighted by atomic mass is 9.89. The minimum absolute atomic E-state index is 0. The van der Waals surface area contributed by atoms with Crippen LogP contribution in [0.25, 0.3) is 0 Å². The van der Waals surface area contributed by atoms with Gasteiger partial charge in [0.15, 0.2) is 0 Å². The van der Waals surface area contributed by atoms with Crippen LogP contribution in [0.4, 0.5) is 0 Å². The van der Waals surface area contributed by atoms with E-state index >= 15 is 0 Å². The van der Waals surface area contributed by atoms with Crippen molar-refractivity contribution in [2.24, 2.45) is 5.92 Å². The molecule has 21 heavy (non-hydrogen) atoms. The first-order chi connectivity index (χ1) is 9.79. The van der Waals surface area contributed by atoms with E-state index < -0.39 is 0 Å². The third-order valence-corrected chi connectivity index (χ3v) is 4.62. The second kappa shape index (κ2) is 7.81. The van der Waals surface area contributed by atoms with E-state index in [2.05, 4.69) is 22.8 Å². The first kappa shape index (κ1) is 16.3. The molecule has 0 aromatic heterocycles. The molecule has 0 saturated carbocycles. The number of halogens is 1. The maximum Gasteiger partial charge on any atom is 0.220 e. The number of hydrogen-bond donors (Lipinski definition) is 2. The summed E-state index contributed by atoms with van der Waals surface area (Å²) in [5.74, 6) is 0.817. The van der Waals surface area contributed by atoms with Gasteiger partial charge < -0.3 is 10.6 Å². The zero-order chi connectivity index (χ0) is 13.8. The highest BCUT2D eigenvalue weighted by molar-refractivity contribution is 5.85. The number of benzene rings is 1. The van der Waals surface area contributed by atoms with Crippen molar-refractivity contribution >= 4 is 18.3 Å². The van der Waals surface area contributed by atoms with Crippen LogP contribution in [0.5, 0.6) is 0 Å². The third kappa shape index (κ3) is 4.72. The molecule has 1 aromatic carbocycles. The second-order valence-electron chi connectivity index (χ2n) is 6.26. The molecular weight excluding hydrogens is 284 g/mol. The molecular formula is C17H25ClN2O. The standard InChI is InChI=1S/C17H24N2O.ClH/c20-17(18-9-8-13-4-2-1-3-5-13)12-14-10-15-6-7-16(11-14)19-15;/h1-5,14-16,19H,6-12H2,(H,18,20);1H. The SMILES string of the molecule is Cl.O=C(CC1CC2CCC(C1)N2)NCCc1ccccc1. The van der Waals surface area contributed by atoms with Gasteiger partial charge in [-0.05, 0) is 43.6 Å². The van der Waals surface area contributed by atoms with Gasteiger partial charge in [-0.25, -0.2) is 0 Å². The topological polar surface area (TPSA) is 41.1 Å². The molecule has 0 aliphatic carbocycles. The summed E-state index contributed by atoms with van der Waals surface area (Å²) < 4.78 is 0. The Morgan fingerprint density at radius 1 is 1.14 bits per heavy atom. The van der Waals surface area contributed by atoms with Gasteiger partial charge in [0.2, 0.25) is 5.91 Å². The molecule has 1 amide bonds. The Kier molecular flexibility index (Phi) is 6.07. The fourth-order valence-electron chi connectivity index (χ4n) is 3.67. The molecule has 2 bridgehead atoms. The molecule has 2 unspecified atom stereocenters. The number of piperidine rings is 1. The molecule has 2 saturated heterocycles. The van der Waals surface area contributed by atoms with Crippen molar-refractivity contribution < 1.29 is 4.79 Å². The van der Waals surface area contributed by atoms with Gasteiger partial charge in [0.1, 0.15) is 0 Å². The minimum atomic E-state index is 0. The fraction of sp³-hybridized carbons (Fsp3) is 0.588. The summed E-state index contributed by atoms with van der Waals surface area (Å²) in [5.41, 5.74) is 1.28. The normalized spacial score (nSPS) is 27.0. The lowest BCUT2D eigenvalue weighted by molar-refractivity contribution is -0.122. The first-order valence-electron chi connectivity index (χ1n) is 7.86. The Hall–Kier alpha value is -1.06. The van der Waals surface area contributed by atoms with E-state index in [9.17, 15) is 4.79 Å². The Morgan fingerprint density at radius 3 is 2.48 bits per heavy atom. The van der Waals surface area contributed by atoms with Crippen LogP contribution in [-0.2, 0) is 11.2 Å². The van der Waals surface area contributed by atoms with Crippen LogP contribution in [0, 0.1) is 5.92 Å². The average molecular weight is 309 g/mol. The highest BCUT2D eigenvalue weighted by atomic mass is 35.5. The summed E-state index contributed by atoms with van der Waals surface area (Å²) in [6.07, 6.45) is 6.60. The van der Waals surface area contributed by atoms with Gasteiger partial charge >= 0.3 is 0 Å². The van der Waals surface area contributed by atoms with Crippen LogP contribution in [0.15, 0.2) is 30.3 Å². The molecule has 2 fully saturated rings. The number of carbonyl (C=O) groups excluding carboxylic acids is 1. The van der Waals surface area contributed by atoms with Gasteiger partial charge in [0, 0.05) is 25.0 Å². The molecule has 0 spiro atoms. The van der Waals surface area contributed by atoms with Gasteiger partial charge in [-0.1, -0.05) is 30.3 Å². The van der Waals surface area contributed by atoms with Crippen molar-refractivity contribution in [2.75, 3.05) is 6.54 Å². The van der Waals surface area contributed by atoms with E-state index in [1.54, 1.807) is 0 Å². The predicted molar refractivity (Wildman–Crippen MR) is 87.7 cm³/mol. The molecule has 3 nitrogen and oxygen atoms in total. The average Bonchev–Trinajstić information content (AvgIpc) is 2.79. The Labute approximate surface area is 133 Å². The Balaban J connectivity index is 0.00000161. The van der Waals surface area contributed by atoms with E-state index in [0.717, 1.165) is 13.0 Å². The lowest BCUT2D eigenvalue weighted by Gasteiger charge is -2.28. The molecule has 116 valence electrons. The minimum Gasteiger partial charge on any atom is -0.356 e. The van der Waals surface area contributed by atoms with Crippen LogP contribution in [0.3, 0.4) is 0 Å². The molecule has 2 atom stereocenters. The van der Waals surface area contributed by atoms with Crippen LogP contribution < -0.4 is 10.6 Å².